The third-order valence-corrected chi connectivity index (χ3v) is 2.65. The van der Waals surface area contributed by atoms with E-state index >= 15 is 0 Å². The standard InChI is InChI=1S/C10H15F2N3/c1-6(13)9-4-8(10(11)12)14-15(9)5-7-2-3-7/h4,6-7,10H,2-3,5,13H2,1H3/t6-/m1/s1. The lowest BCUT2D eigenvalue weighted by Gasteiger charge is -2.08. The molecule has 0 amide bonds. The second-order valence-corrected chi connectivity index (χ2v) is 4.21. The molecule has 3 nitrogen and oxygen atoms in total. The van der Waals surface area contributed by atoms with E-state index in [1.807, 2.05) is 0 Å². The van der Waals surface area contributed by atoms with E-state index in [4.69, 9.17) is 5.73 Å². The molecule has 0 radical (unpaired) electrons. The van der Waals surface area contributed by atoms with Crippen LogP contribution in [0.2, 0.25) is 0 Å². The van der Waals surface area contributed by atoms with Crippen molar-refractivity contribution < 1.29 is 8.78 Å². The maximum Gasteiger partial charge on any atom is 0.282 e. The SMILES string of the molecule is C[C@@H](N)c1cc(C(F)F)nn1CC1CC1. The third kappa shape index (κ3) is 2.34. The normalized spacial score (nSPS) is 18.5. The molecular weight excluding hydrogens is 200 g/mol. The average Bonchev–Trinajstić information content (AvgIpc) is 2.82. The molecule has 5 heteroatoms. The Morgan fingerprint density at radius 1 is 1.60 bits per heavy atom. The van der Waals surface area contributed by atoms with Crippen LogP contribution < -0.4 is 5.73 Å². The van der Waals surface area contributed by atoms with Gasteiger partial charge >= 0.3 is 0 Å². The van der Waals surface area contributed by atoms with Crippen molar-refractivity contribution in [2.75, 3.05) is 0 Å². The minimum atomic E-state index is -2.51. The zero-order valence-electron chi connectivity index (χ0n) is 8.66. The van der Waals surface area contributed by atoms with Gasteiger partial charge in [-0.3, -0.25) is 4.68 Å². The van der Waals surface area contributed by atoms with Crippen molar-refractivity contribution in [1.82, 2.24) is 9.78 Å². The van der Waals surface area contributed by atoms with E-state index in [9.17, 15) is 8.78 Å². The third-order valence-electron chi connectivity index (χ3n) is 2.65. The molecule has 1 heterocycles. The fraction of sp³-hybridized carbons (Fsp3) is 0.700. The van der Waals surface area contributed by atoms with Crippen LogP contribution in [0.4, 0.5) is 8.78 Å². The summed E-state index contributed by atoms with van der Waals surface area (Å²) in [5.74, 6) is 0.605. The van der Waals surface area contributed by atoms with E-state index < -0.39 is 6.43 Å². The van der Waals surface area contributed by atoms with Gasteiger partial charge in [0.1, 0.15) is 5.69 Å². The van der Waals surface area contributed by atoms with Gasteiger partial charge < -0.3 is 5.73 Å². The molecule has 1 saturated carbocycles. The van der Waals surface area contributed by atoms with Crippen LogP contribution in [0.15, 0.2) is 6.07 Å². The number of hydrogen-bond donors (Lipinski definition) is 1. The molecule has 0 bridgehead atoms. The van der Waals surface area contributed by atoms with Gasteiger partial charge in [0.15, 0.2) is 0 Å². The van der Waals surface area contributed by atoms with Gasteiger partial charge in [-0.05, 0) is 31.7 Å². The first-order valence-electron chi connectivity index (χ1n) is 5.19. The van der Waals surface area contributed by atoms with Crippen LogP contribution >= 0.6 is 0 Å². The molecule has 15 heavy (non-hydrogen) atoms. The Morgan fingerprint density at radius 2 is 2.27 bits per heavy atom. The second-order valence-electron chi connectivity index (χ2n) is 4.21. The summed E-state index contributed by atoms with van der Waals surface area (Å²) in [6.45, 7) is 2.51. The lowest BCUT2D eigenvalue weighted by atomic mass is 10.2. The monoisotopic (exact) mass is 215 g/mol. The Hall–Kier alpha value is -0.970. The van der Waals surface area contributed by atoms with Crippen LogP contribution in [0.5, 0.6) is 0 Å². The molecule has 1 aromatic heterocycles. The van der Waals surface area contributed by atoms with Gasteiger partial charge in [-0.15, -0.1) is 0 Å². The fourth-order valence-corrected chi connectivity index (χ4v) is 1.62. The Morgan fingerprint density at radius 3 is 2.73 bits per heavy atom. The molecule has 0 saturated heterocycles. The Bertz CT molecular complexity index is 342. The van der Waals surface area contributed by atoms with Gasteiger partial charge in [-0.1, -0.05) is 0 Å². The number of aromatic nitrogens is 2. The van der Waals surface area contributed by atoms with Crippen LogP contribution in [0, 0.1) is 5.92 Å². The van der Waals surface area contributed by atoms with E-state index in [0.29, 0.717) is 11.6 Å². The summed E-state index contributed by atoms with van der Waals surface area (Å²) in [6.07, 6.45) is -0.173. The Balaban J connectivity index is 2.23. The van der Waals surface area contributed by atoms with Crippen molar-refractivity contribution in [2.45, 2.75) is 38.8 Å². The highest BCUT2D eigenvalue weighted by Crippen LogP contribution is 2.32. The first-order valence-corrected chi connectivity index (χ1v) is 5.19. The Kier molecular flexibility index (Phi) is 2.73. The largest absolute Gasteiger partial charge is 0.323 e. The van der Waals surface area contributed by atoms with Gasteiger partial charge in [0.05, 0.1) is 5.69 Å². The zero-order chi connectivity index (χ0) is 11.0. The number of halogens is 2. The van der Waals surface area contributed by atoms with Crippen molar-refractivity contribution in [3.05, 3.63) is 17.5 Å². The van der Waals surface area contributed by atoms with Gasteiger partial charge in [-0.25, -0.2) is 8.78 Å². The first-order chi connectivity index (χ1) is 7.08. The molecule has 84 valence electrons. The minimum Gasteiger partial charge on any atom is -0.323 e. The highest BCUT2D eigenvalue weighted by Gasteiger charge is 2.25. The number of rotatable bonds is 4. The predicted octanol–water partition coefficient (Wildman–Crippen LogP) is 2.25. The maximum absolute atomic E-state index is 12.5. The molecule has 0 aliphatic heterocycles. The summed E-state index contributed by atoms with van der Waals surface area (Å²) in [5, 5.41) is 3.90. The van der Waals surface area contributed by atoms with E-state index in [1.54, 1.807) is 11.6 Å². The van der Waals surface area contributed by atoms with Gasteiger partial charge in [0.2, 0.25) is 0 Å². The van der Waals surface area contributed by atoms with Crippen LogP contribution in [-0.4, -0.2) is 9.78 Å². The summed E-state index contributed by atoms with van der Waals surface area (Å²) in [7, 11) is 0. The van der Waals surface area contributed by atoms with E-state index in [-0.39, 0.29) is 11.7 Å². The van der Waals surface area contributed by atoms with Crippen molar-refractivity contribution in [3.8, 4) is 0 Å². The summed E-state index contributed by atoms with van der Waals surface area (Å²) < 4.78 is 26.6. The lowest BCUT2D eigenvalue weighted by molar-refractivity contribution is 0.145. The van der Waals surface area contributed by atoms with Crippen molar-refractivity contribution in [3.63, 3.8) is 0 Å². The number of hydrogen-bond acceptors (Lipinski definition) is 2. The van der Waals surface area contributed by atoms with Crippen LogP contribution in [0.1, 0.15) is 43.6 Å². The average molecular weight is 215 g/mol. The molecule has 0 unspecified atom stereocenters. The van der Waals surface area contributed by atoms with Crippen LogP contribution in [0.25, 0.3) is 0 Å². The quantitative estimate of drug-likeness (QED) is 0.837. The van der Waals surface area contributed by atoms with Crippen LogP contribution in [-0.2, 0) is 6.54 Å². The van der Waals surface area contributed by atoms with Crippen molar-refractivity contribution in [2.24, 2.45) is 11.7 Å². The first kappa shape index (κ1) is 10.5. The van der Waals surface area contributed by atoms with E-state index in [1.165, 1.54) is 18.9 Å². The molecule has 1 aromatic rings. The van der Waals surface area contributed by atoms with Crippen molar-refractivity contribution >= 4 is 0 Å². The van der Waals surface area contributed by atoms with Crippen molar-refractivity contribution in [1.29, 1.82) is 0 Å². The number of alkyl halides is 2. The summed E-state index contributed by atoms with van der Waals surface area (Å²) in [4.78, 5) is 0. The van der Waals surface area contributed by atoms with E-state index in [0.717, 1.165) is 6.54 Å². The van der Waals surface area contributed by atoms with Gasteiger partial charge in [0.25, 0.3) is 6.43 Å². The second kappa shape index (κ2) is 3.89. The molecule has 1 aliphatic carbocycles. The molecule has 0 aromatic carbocycles. The van der Waals surface area contributed by atoms with Gasteiger partial charge in [-0.2, -0.15) is 5.10 Å². The molecule has 0 spiro atoms. The fourth-order valence-electron chi connectivity index (χ4n) is 1.62. The van der Waals surface area contributed by atoms with Crippen LogP contribution in [0.3, 0.4) is 0 Å². The summed E-state index contributed by atoms with van der Waals surface area (Å²) >= 11 is 0. The van der Waals surface area contributed by atoms with E-state index in [2.05, 4.69) is 5.10 Å². The highest BCUT2D eigenvalue weighted by atomic mass is 19.3. The molecule has 1 atom stereocenters. The molecular formula is C10H15F2N3. The smallest absolute Gasteiger partial charge is 0.282 e. The number of nitrogens with two attached hydrogens (primary N) is 1. The predicted molar refractivity (Wildman–Crippen MR) is 52.5 cm³/mol. The lowest BCUT2D eigenvalue weighted by Crippen LogP contribution is -2.14. The highest BCUT2D eigenvalue weighted by molar-refractivity contribution is 5.14. The van der Waals surface area contributed by atoms with Gasteiger partial charge in [0, 0.05) is 12.6 Å². The topological polar surface area (TPSA) is 43.8 Å². The summed E-state index contributed by atoms with van der Waals surface area (Å²) in [5.41, 5.74) is 6.26. The molecule has 2 N–H and O–H groups in total. The molecule has 1 fully saturated rings. The molecule has 1 aliphatic rings. The number of nitrogens with zero attached hydrogens (tertiary/aromatic N) is 2. The zero-order valence-corrected chi connectivity index (χ0v) is 8.66. The minimum absolute atomic E-state index is 0.164. The maximum atomic E-state index is 12.5. The Labute approximate surface area is 87.3 Å². The molecule has 2 rings (SSSR count). The summed E-state index contributed by atoms with van der Waals surface area (Å²) in [6, 6.07) is 1.17.